The molecule has 0 rings (SSSR count). The summed E-state index contributed by atoms with van der Waals surface area (Å²) in [7, 11) is 0. The van der Waals surface area contributed by atoms with Crippen LogP contribution in [0.2, 0.25) is 4.43 Å². The first-order valence-electron chi connectivity index (χ1n) is 2.39. The fraction of sp³-hybridized carbons (Fsp3) is 1.00. The van der Waals surface area contributed by atoms with E-state index in [1.807, 2.05) is 0 Å². The Morgan fingerprint density at radius 3 is 2.00 bits per heavy atom. The van der Waals surface area contributed by atoms with Crippen LogP contribution in [0.1, 0.15) is 0 Å². The Hall–Kier alpha value is 1.21. The molecule has 0 aromatic carbocycles. The summed E-state index contributed by atoms with van der Waals surface area (Å²) in [5.74, 6) is 0.219. The summed E-state index contributed by atoms with van der Waals surface area (Å²) >= 11 is 5.39. The van der Waals surface area contributed by atoms with Gasteiger partial charge < -0.3 is 22.8 Å². The Labute approximate surface area is 71.7 Å². The topological polar surface area (TPSA) is 40.5 Å². The quantitative estimate of drug-likeness (QED) is 0.530. The van der Waals surface area contributed by atoms with Crippen molar-refractivity contribution in [3.05, 3.63) is 0 Å². The van der Waals surface area contributed by atoms with Gasteiger partial charge in [-0.1, -0.05) is 0 Å². The van der Waals surface area contributed by atoms with Gasteiger partial charge in [0.25, 0.3) is 0 Å². The van der Waals surface area contributed by atoms with E-state index in [1.165, 1.54) is 0 Å². The third-order valence-corrected chi connectivity index (χ3v) is 0.788. The zero-order valence-electron chi connectivity index (χ0n) is 5.00. The molecule has 4 heteroatoms. The minimum absolute atomic E-state index is 0.219. The zero-order chi connectivity index (χ0) is 6.99. The molecular weight excluding hydrogens is 313 g/mol. The van der Waals surface area contributed by atoms with Crippen molar-refractivity contribution in [3.8, 4) is 0 Å². The zero-order valence-corrected chi connectivity index (χ0v) is 11.3. The second-order valence-electron chi connectivity index (χ2n) is 1.00. The van der Waals surface area contributed by atoms with Crippen LogP contribution in [0, 0.1) is 0 Å². The number of aliphatic hydroxyl groups excluding tert-OH is 2. The van der Waals surface area contributed by atoms with Crippen LogP contribution in [0.4, 0.5) is 0 Å². The van der Waals surface area contributed by atoms with Gasteiger partial charge in [-0.05, 0) is 0 Å². The normalized spacial score (nSPS) is 11.8. The van der Waals surface area contributed by atoms with Gasteiger partial charge in [-0.2, -0.15) is 0 Å². The first-order chi connectivity index (χ1) is 3.81. The third-order valence-electron chi connectivity index (χ3n) is 0.403. The van der Waals surface area contributed by atoms with Gasteiger partial charge in [-0.15, -0.1) is 5.75 Å². The summed E-state index contributed by atoms with van der Waals surface area (Å²) in [6.07, 6.45) is -0.694. The average molecular weight is 323 g/mol. The van der Waals surface area contributed by atoms with Crippen molar-refractivity contribution >= 4 is 12.6 Å². The standard InChI is InChI=1S/C3H8O2S.CH3.Hg/c4-1-3(5)2-6;;/h3-6H,1-2H2;1H3;/q;;+1/p-1. The molecule has 0 amide bonds. The second-order valence-corrected chi connectivity index (χ2v) is 1.34. The molecule has 46 valence electrons. The Morgan fingerprint density at radius 1 is 1.62 bits per heavy atom. The molecule has 0 radical (unpaired) electrons. The van der Waals surface area contributed by atoms with Gasteiger partial charge in [0, 0.05) is 0 Å². The van der Waals surface area contributed by atoms with E-state index >= 15 is 0 Å². The SMILES string of the molecule is OCC(O)C[S-].[CH3][Hg+]. The van der Waals surface area contributed by atoms with Crippen molar-refractivity contribution in [2.24, 2.45) is 0 Å². The van der Waals surface area contributed by atoms with Crippen LogP contribution in [0.5, 0.6) is 0 Å². The Balaban J connectivity index is 0. The summed E-state index contributed by atoms with van der Waals surface area (Å²) in [4.78, 5) is 0. The van der Waals surface area contributed by atoms with E-state index in [1.54, 1.807) is 0 Å². The van der Waals surface area contributed by atoms with Gasteiger partial charge >= 0.3 is 30.6 Å². The molecule has 0 saturated carbocycles. The van der Waals surface area contributed by atoms with Crippen molar-refractivity contribution < 1.29 is 36.3 Å². The van der Waals surface area contributed by atoms with Crippen LogP contribution in [-0.2, 0) is 38.8 Å². The van der Waals surface area contributed by atoms with Gasteiger partial charge in [-0.3, -0.25) is 0 Å². The van der Waals surface area contributed by atoms with Crippen molar-refractivity contribution in [3.63, 3.8) is 0 Å². The van der Waals surface area contributed by atoms with Crippen LogP contribution in [-0.4, -0.2) is 28.7 Å². The molecular formula is C4H10HgO2S. The molecule has 2 nitrogen and oxygen atoms in total. The number of hydrogen-bond acceptors (Lipinski definition) is 3. The predicted molar refractivity (Wildman–Crippen MR) is 31.2 cm³/mol. The fourth-order valence-electron chi connectivity index (χ4n) is 0.0527. The molecule has 0 aliphatic rings. The predicted octanol–water partition coefficient (Wildman–Crippen LogP) is -0.532. The molecule has 0 aromatic heterocycles. The molecule has 1 atom stereocenters. The van der Waals surface area contributed by atoms with E-state index in [4.69, 9.17) is 10.2 Å². The third kappa shape index (κ3) is 10.2. The van der Waals surface area contributed by atoms with E-state index in [2.05, 4.69) is 17.1 Å². The summed E-state index contributed by atoms with van der Waals surface area (Å²) in [5.41, 5.74) is 0. The monoisotopic (exact) mass is 324 g/mol. The van der Waals surface area contributed by atoms with Gasteiger partial charge in [0.1, 0.15) is 0 Å². The van der Waals surface area contributed by atoms with Crippen LogP contribution in [0.15, 0.2) is 0 Å². The van der Waals surface area contributed by atoms with Crippen molar-refractivity contribution in [2.75, 3.05) is 12.4 Å². The van der Waals surface area contributed by atoms with Gasteiger partial charge in [0.05, 0.1) is 12.7 Å². The van der Waals surface area contributed by atoms with E-state index in [0.717, 1.165) is 26.1 Å². The van der Waals surface area contributed by atoms with Crippen molar-refractivity contribution in [1.82, 2.24) is 0 Å². The van der Waals surface area contributed by atoms with E-state index in [9.17, 15) is 0 Å². The first-order valence-corrected chi connectivity index (χ1v) is 8.46. The average Bonchev–Trinajstić information content (AvgIpc) is 1.91. The van der Waals surface area contributed by atoms with Crippen LogP contribution >= 0.6 is 0 Å². The molecule has 2 N–H and O–H groups in total. The maximum absolute atomic E-state index is 8.31. The Kier molecular flexibility index (Phi) is 16.5. The minimum atomic E-state index is -0.694. The van der Waals surface area contributed by atoms with Crippen LogP contribution < -0.4 is 0 Å². The molecule has 0 aliphatic carbocycles. The molecule has 0 bridgehead atoms. The second kappa shape index (κ2) is 11.1. The fourth-order valence-corrected chi connectivity index (χ4v) is 0.158. The Morgan fingerprint density at radius 2 is 2.00 bits per heavy atom. The summed E-state index contributed by atoms with van der Waals surface area (Å²) in [6.45, 7) is -0.219. The van der Waals surface area contributed by atoms with E-state index in [-0.39, 0.29) is 12.4 Å². The molecule has 1 unspecified atom stereocenters. The summed E-state index contributed by atoms with van der Waals surface area (Å²) < 4.78 is 2.19. The van der Waals surface area contributed by atoms with Crippen molar-refractivity contribution in [1.29, 1.82) is 0 Å². The molecule has 0 aliphatic heterocycles. The molecule has 0 fully saturated rings. The number of hydrogen-bond donors (Lipinski definition) is 2. The maximum atomic E-state index is 8.31. The molecule has 0 aromatic rings. The number of aliphatic hydroxyl groups is 2. The number of rotatable bonds is 2. The Bertz CT molecular complexity index is 33.2. The van der Waals surface area contributed by atoms with Crippen LogP contribution in [0.25, 0.3) is 0 Å². The van der Waals surface area contributed by atoms with Gasteiger partial charge in [-0.25, -0.2) is 0 Å². The van der Waals surface area contributed by atoms with Gasteiger partial charge in [0.15, 0.2) is 0 Å². The molecule has 0 spiro atoms. The molecule has 8 heavy (non-hydrogen) atoms. The summed E-state index contributed by atoms with van der Waals surface area (Å²) in [5, 5.41) is 16.3. The summed E-state index contributed by atoms with van der Waals surface area (Å²) in [6, 6.07) is 0. The van der Waals surface area contributed by atoms with Crippen LogP contribution in [0.3, 0.4) is 0 Å². The van der Waals surface area contributed by atoms with Gasteiger partial charge in [0.2, 0.25) is 0 Å². The molecule has 0 heterocycles. The van der Waals surface area contributed by atoms with Crippen molar-refractivity contribution in [2.45, 2.75) is 10.5 Å². The van der Waals surface area contributed by atoms with E-state index < -0.39 is 6.10 Å². The van der Waals surface area contributed by atoms with E-state index in [0.29, 0.717) is 0 Å². The first kappa shape index (κ1) is 11.9. The molecule has 0 saturated heterocycles.